The molecular formula is C18H17NO4. The molecule has 0 aliphatic heterocycles. The highest BCUT2D eigenvalue weighted by Gasteiger charge is 2.09. The minimum absolute atomic E-state index is 0.120. The maximum absolute atomic E-state index is 12.2. The molecule has 0 aliphatic rings. The Morgan fingerprint density at radius 3 is 2.57 bits per heavy atom. The lowest BCUT2D eigenvalue weighted by Gasteiger charge is -2.08. The minimum atomic E-state index is -1.04. The number of anilines is 1. The van der Waals surface area contributed by atoms with Crippen LogP contribution in [0.5, 0.6) is 5.75 Å². The molecule has 0 saturated carbocycles. The van der Waals surface area contributed by atoms with Crippen LogP contribution in [0.25, 0.3) is 6.08 Å². The molecule has 0 radical (unpaired) electrons. The van der Waals surface area contributed by atoms with Crippen LogP contribution < -0.4 is 10.1 Å². The summed E-state index contributed by atoms with van der Waals surface area (Å²) in [5, 5.41) is 11.7. The third kappa shape index (κ3) is 4.20. The zero-order valence-corrected chi connectivity index (χ0v) is 12.9. The van der Waals surface area contributed by atoms with Gasteiger partial charge in [0.05, 0.1) is 12.7 Å². The zero-order chi connectivity index (χ0) is 16.8. The molecule has 0 unspecified atom stereocenters. The first kappa shape index (κ1) is 16.3. The van der Waals surface area contributed by atoms with Crippen LogP contribution in [-0.2, 0) is 4.79 Å². The number of amides is 1. The summed E-state index contributed by atoms with van der Waals surface area (Å²) in [5.41, 5.74) is 1.83. The lowest BCUT2D eigenvalue weighted by molar-refractivity contribution is -0.112. The van der Waals surface area contributed by atoms with Crippen molar-refractivity contribution in [3.63, 3.8) is 0 Å². The van der Waals surface area contributed by atoms with Crippen LogP contribution in [0.4, 0.5) is 5.69 Å². The summed E-state index contributed by atoms with van der Waals surface area (Å²) in [6.07, 6.45) is 1.72. The molecule has 0 bridgehead atoms. The molecule has 2 aromatic rings. The Bertz CT molecular complexity index is 765. The van der Waals surface area contributed by atoms with E-state index in [9.17, 15) is 9.59 Å². The summed E-state index contributed by atoms with van der Waals surface area (Å²) in [6.45, 7) is 1.68. The average molecular weight is 311 g/mol. The first-order valence-corrected chi connectivity index (χ1v) is 6.97. The lowest BCUT2D eigenvalue weighted by atomic mass is 10.1. The monoisotopic (exact) mass is 311 g/mol. The van der Waals surface area contributed by atoms with Gasteiger partial charge in [-0.1, -0.05) is 24.3 Å². The van der Waals surface area contributed by atoms with Gasteiger partial charge in [-0.3, -0.25) is 4.79 Å². The molecule has 0 fully saturated rings. The third-order valence-electron chi connectivity index (χ3n) is 3.24. The van der Waals surface area contributed by atoms with E-state index in [-0.39, 0.29) is 11.5 Å². The second-order valence-electron chi connectivity index (χ2n) is 4.91. The van der Waals surface area contributed by atoms with Crippen molar-refractivity contribution < 1.29 is 19.4 Å². The normalized spacial score (nSPS) is 11.0. The molecule has 0 spiro atoms. The number of benzene rings is 2. The van der Waals surface area contributed by atoms with Crippen LogP contribution in [0, 0.1) is 0 Å². The number of carbonyl (C=O) groups is 2. The molecule has 0 atom stereocenters. The summed E-state index contributed by atoms with van der Waals surface area (Å²) >= 11 is 0. The van der Waals surface area contributed by atoms with Gasteiger partial charge in [-0.25, -0.2) is 4.79 Å². The fourth-order valence-corrected chi connectivity index (χ4v) is 2.04. The van der Waals surface area contributed by atoms with Crippen LogP contribution in [-0.4, -0.2) is 24.1 Å². The Kier molecular flexibility index (Phi) is 5.15. The van der Waals surface area contributed by atoms with E-state index in [2.05, 4.69) is 5.32 Å². The van der Waals surface area contributed by atoms with Gasteiger partial charge in [0.1, 0.15) is 5.75 Å². The van der Waals surface area contributed by atoms with Crippen molar-refractivity contribution in [1.29, 1.82) is 0 Å². The third-order valence-corrected chi connectivity index (χ3v) is 3.24. The van der Waals surface area contributed by atoms with Gasteiger partial charge in [0.25, 0.3) is 5.91 Å². The molecule has 23 heavy (non-hydrogen) atoms. The number of methoxy groups -OCH3 is 1. The summed E-state index contributed by atoms with van der Waals surface area (Å²) in [5.74, 6) is -0.673. The molecule has 0 aliphatic carbocycles. The van der Waals surface area contributed by atoms with Crippen molar-refractivity contribution in [1.82, 2.24) is 0 Å². The predicted molar refractivity (Wildman–Crippen MR) is 88.7 cm³/mol. The number of nitrogens with one attached hydrogen (secondary N) is 1. The van der Waals surface area contributed by atoms with E-state index in [1.165, 1.54) is 12.1 Å². The van der Waals surface area contributed by atoms with Gasteiger partial charge in [-0.2, -0.15) is 0 Å². The molecule has 118 valence electrons. The number of hydrogen-bond donors (Lipinski definition) is 2. The van der Waals surface area contributed by atoms with Crippen molar-refractivity contribution in [2.45, 2.75) is 6.92 Å². The van der Waals surface area contributed by atoms with Crippen molar-refractivity contribution in [3.05, 3.63) is 65.2 Å². The predicted octanol–water partition coefficient (Wildman–Crippen LogP) is 3.44. The molecule has 2 rings (SSSR count). The molecule has 1 amide bonds. The fraction of sp³-hybridized carbons (Fsp3) is 0.111. The Morgan fingerprint density at radius 2 is 1.87 bits per heavy atom. The summed E-state index contributed by atoms with van der Waals surface area (Å²) < 4.78 is 5.24. The van der Waals surface area contributed by atoms with E-state index in [1.54, 1.807) is 32.2 Å². The first-order chi connectivity index (χ1) is 11.0. The SMILES string of the molecule is COc1ccccc1C=C(C)C(=O)Nc1cccc(C(=O)O)c1. The van der Waals surface area contributed by atoms with Crippen LogP contribution in [0.1, 0.15) is 22.8 Å². The highest BCUT2D eigenvalue weighted by molar-refractivity contribution is 6.06. The molecule has 0 heterocycles. The van der Waals surface area contributed by atoms with Gasteiger partial charge in [-0.15, -0.1) is 0 Å². The maximum atomic E-state index is 12.2. The van der Waals surface area contributed by atoms with Crippen LogP contribution in [0.2, 0.25) is 0 Å². The maximum Gasteiger partial charge on any atom is 0.335 e. The van der Waals surface area contributed by atoms with Gasteiger partial charge < -0.3 is 15.2 Å². The summed E-state index contributed by atoms with van der Waals surface area (Å²) in [7, 11) is 1.57. The van der Waals surface area contributed by atoms with Gasteiger partial charge in [-0.05, 0) is 37.3 Å². The number of carboxylic acids is 1. The Morgan fingerprint density at radius 1 is 1.13 bits per heavy atom. The number of carbonyl (C=O) groups excluding carboxylic acids is 1. The van der Waals surface area contributed by atoms with E-state index in [1.807, 2.05) is 24.3 Å². The number of carboxylic acid groups (broad SMARTS) is 1. The van der Waals surface area contributed by atoms with E-state index < -0.39 is 5.97 Å². The van der Waals surface area contributed by atoms with Crippen molar-refractivity contribution in [3.8, 4) is 5.75 Å². The second-order valence-corrected chi connectivity index (χ2v) is 4.91. The quantitative estimate of drug-likeness (QED) is 0.829. The minimum Gasteiger partial charge on any atom is -0.496 e. The molecule has 2 N–H and O–H groups in total. The largest absolute Gasteiger partial charge is 0.496 e. The van der Waals surface area contributed by atoms with E-state index >= 15 is 0 Å². The summed E-state index contributed by atoms with van der Waals surface area (Å²) in [6, 6.07) is 13.5. The second kappa shape index (κ2) is 7.26. The molecule has 0 aromatic heterocycles. The van der Waals surface area contributed by atoms with E-state index in [4.69, 9.17) is 9.84 Å². The topological polar surface area (TPSA) is 75.6 Å². The Hall–Kier alpha value is -3.08. The molecule has 5 heteroatoms. The molecule has 5 nitrogen and oxygen atoms in total. The molecule has 2 aromatic carbocycles. The number of hydrogen-bond acceptors (Lipinski definition) is 3. The van der Waals surface area contributed by atoms with E-state index in [0.717, 1.165) is 5.56 Å². The van der Waals surface area contributed by atoms with Crippen LogP contribution in [0.3, 0.4) is 0 Å². The van der Waals surface area contributed by atoms with Crippen LogP contribution >= 0.6 is 0 Å². The number of rotatable bonds is 5. The fourth-order valence-electron chi connectivity index (χ4n) is 2.04. The Balaban J connectivity index is 2.18. The van der Waals surface area contributed by atoms with Crippen molar-refractivity contribution in [2.24, 2.45) is 0 Å². The number of aromatic carboxylic acids is 1. The van der Waals surface area contributed by atoms with Gasteiger partial charge >= 0.3 is 5.97 Å². The summed E-state index contributed by atoms with van der Waals surface area (Å²) in [4.78, 5) is 23.2. The number of para-hydroxylation sites is 1. The van der Waals surface area contributed by atoms with Gasteiger partial charge in [0.2, 0.25) is 0 Å². The van der Waals surface area contributed by atoms with Crippen molar-refractivity contribution >= 4 is 23.6 Å². The van der Waals surface area contributed by atoms with Gasteiger partial charge in [0.15, 0.2) is 0 Å². The highest BCUT2D eigenvalue weighted by Crippen LogP contribution is 2.21. The Labute approximate surface area is 134 Å². The smallest absolute Gasteiger partial charge is 0.335 e. The lowest BCUT2D eigenvalue weighted by Crippen LogP contribution is -2.13. The van der Waals surface area contributed by atoms with Crippen LogP contribution in [0.15, 0.2) is 54.1 Å². The standard InChI is InChI=1S/C18H17NO4/c1-12(10-13-6-3-4-9-16(13)23-2)17(20)19-15-8-5-7-14(11-15)18(21)22/h3-11H,1-2H3,(H,19,20)(H,21,22). The zero-order valence-electron chi connectivity index (χ0n) is 12.9. The molecular weight excluding hydrogens is 294 g/mol. The van der Waals surface area contributed by atoms with E-state index in [0.29, 0.717) is 17.0 Å². The average Bonchev–Trinajstić information content (AvgIpc) is 2.55. The first-order valence-electron chi connectivity index (χ1n) is 6.97. The molecule has 0 saturated heterocycles. The number of ether oxygens (including phenoxy) is 1. The highest BCUT2D eigenvalue weighted by atomic mass is 16.5. The van der Waals surface area contributed by atoms with Crippen molar-refractivity contribution in [2.75, 3.05) is 12.4 Å². The van der Waals surface area contributed by atoms with Gasteiger partial charge in [0, 0.05) is 16.8 Å².